The van der Waals surface area contributed by atoms with E-state index in [1.54, 1.807) is 24.3 Å². The van der Waals surface area contributed by atoms with Gasteiger partial charge in [-0.3, -0.25) is 10.1 Å². The van der Waals surface area contributed by atoms with Gasteiger partial charge in [0.1, 0.15) is 18.1 Å². The Kier molecular flexibility index (Phi) is 4.65. The van der Waals surface area contributed by atoms with Gasteiger partial charge >= 0.3 is 5.69 Å². The van der Waals surface area contributed by atoms with Crippen molar-refractivity contribution in [3.63, 3.8) is 0 Å². The van der Waals surface area contributed by atoms with E-state index in [2.05, 4.69) is 15.3 Å². The van der Waals surface area contributed by atoms with Crippen LogP contribution in [-0.2, 0) is 6.73 Å². The Morgan fingerprint density at radius 3 is 2.73 bits per heavy atom. The summed E-state index contributed by atoms with van der Waals surface area (Å²) in [4.78, 5) is 10.0. The van der Waals surface area contributed by atoms with Crippen molar-refractivity contribution >= 4 is 17.9 Å². The summed E-state index contributed by atoms with van der Waals surface area (Å²) in [5.74, 6) is 0.460. The molecule has 0 aliphatic heterocycles. The number of hydrogen-bond acceptors (Lipinski definition) is 6. The zero-order valence-corrected chi connectivity index (χ0v) is 11.4. The average Bonchev–Trinajstić information content (AvgIpc) is 2.95. The van der Waals surface area contributed by atoms with Gasteiger partial charge in [0, 0.05) is 0 Å². The van der Waals surface area contributed by atoms with Crippen molar-refractivity contribution in [2.45, 2.75) is 6.73 Å². The predicted molar refractivity (Wildman–Crippen MR) is 79.4 cm³/mol. The minimum atomic E-state index is -0.520. The molecule has 2 aromatic rings. The van der Waals surface area contributed by atoms with Gasteiger partial charge in [0.15, 0.2) is 6.73 Å². The number of ether oxygens (including phenoxy) is 1. The summed E-state index contributed by atoms with van der Waals surface area (Å²) in [5, 5.41) is 21.5. The molecule has 0 aliphatic rings. The number of hydrogen-bond donors (Lipinski definition) is 2. The fourth-order valence-corrected chi connectivity index (χ4v) is 1.47. The van der Waals surface area contributed by atoms with Crippen molar-refractivity contribution < 1.29 is 9.66 Å². The number of nitrogens with two attached hydrogens (primary N) is 2. The molecule has 0 fully saturated rings. The van der Waals surface area contributed by atoms with Gasteiger partial charge < -0.3 is 16.2 Å². The van der Waals surface area contributed by atoms with E-state index in [-0.39, 0.29) is 18.4 Å². The number of aromatic nitrogens is 2. The summed E-state index contributed by atoms with van der Waals surface area (Å²) < 4.78 is 6.77. The molecule has 1 aromatic carbocycles. The number of nitrogens with zero attached hydrogens (tertiary/aromatic N) is 5. The maximum Gasteiger partial charge on any atom is 0.307 e. The maximum absolute atomic E-state index is 10.5. The fraction of sp³-hybridized carbons (Fsp3) is 0.0833. The topological polar surface area (TPSA) is 147 Å². The van der Waals surface area contributed by atoms with E-state index < -0.39 is 4.92 Å². The van der Waals surface area contributed by atoms with Crippen LogP contribution < -0.4 is 16.2 Å². The van der Waals surface area contributed by atoms with Crippen LogP contribution in [0.2, 0.25) is 0 Å². The third kappa shape index (κ3) is 4.30. The van der Waals surface area contributed by atoms with Crippen molar-refractivity contribution in [3.8, 4) is 5.75 Å². The lowest BCUT2D eigenvalue weighted by atomic mass is 10.2. The lowest BCUT2D eigenvalue weighted by Gasteiger charge is -2.05. The molecule has 1 heterocycles. The fourth-order valence-electron chi connectivity index (χ4n) is 1.47. The quantitative estimate of drug-likeness (QED) is 0.342. The number of benzene rings is 1. The molecule has 1 aromatic heterocycles. The summed E-state index contributed by atoms with van der Waals surface area (Å²) in [6.07, 6.45) is 3.93. The highest BCUT2D eigenvalue weighted by atomic mass is 16.6. The van der Waals surface area contributed by atoms with Gasteiger partial charge in [-0.1, -0.05) is 0 Å². The Balaban J connectivity index is 1.92. The van der Waals surface area contributed by atoms with E-state index in [1.807, 2.05) is 0 Å². The van der Waals surface area contributed by atoms with E-state index in [1.165, 1.54) is 17.1 Å². The second-order valence-corrected chi connectivity index (χ2v) is 4.11. The molecular formula is C12H13N7O3. The van der Waals surface area contributed by atoms with E-state index in [0.717, 1.165) is 11.8 Å². The average molecular weight is 303 g/mol. The van der Waals surface area contributed by atoms with Crippen molar-refractivity contribution in [1.29, 1.82) is 0 Å². The van der Waals surface area contributed by atoms with Crippen LogP contribution in [0.3, 0.4) is 0 Å². The third-order valence-corrected chi connectivity index (χ3v) is 2.45. The first-order valence-corrected chi connectivity index (χ1v) is 6.06. The summed E-state index contributed by atoms with van der Waals surface area (Å²) in [7, 11) is 0. The molecule has 0 aliphatic carbocycles. The van der Waals surface area contributed by atoms with E-state index >= 15 is 0 Å². The molecule has 114 valence electrons. The van der Waals surface area contributed by atoms with Crippen molar-refractivity contribution in [2.24, 2.45) is 21.7 Å². The normalized spacial score (nSPS) is 10.5. The smallest absolute Gasteiger partial charge is 0.307 e. The lowest BCUT2D eigenvalue weighted by molar-refractivity contribution is -0.385. The minimum absolute atomic E-state index is 0.0648. The molecular weight excluding hydrogens is 290 g/mol. The highest BCUT2D eigenvalue weighted by Crippen LogP contribution is 2.13. The van der Waals surface area contributed by atoms with E-state index in [0.29, 0.717) is 5.75 Å². The number of guanidine groups is 1. The molecule has 2 rings (SSSR count). The summed E-state index contributed by atoms with van der Waals surface area (Å²) >= 11 is 0. The molecule has 0 bridgehead atoms. The maximum atomic E-state index is 10.5. The first-order valence-electron chi connectivity index (χ1n) is 6.06. The zero-order valence-electron chi connectivity index (χ0n) is 11.4. The van der Waals surface area contributed by atoms with Crippen molar-refractivity contribution in [3.05, 3.63) is 52.3 Å². The summed E-state index contributed by atoms with van der Waals surface area (Å²) in [6.45, 7) is 0.0648. The highest BCUT2D eigenvalue weighted by molar-refractivity contribution is 5.81. The van der Waals surface area contributed by atoms with Gasteiger partial charge in [-0.05, 0) is 29.8 Å². The van der Waals surface area contributed by atoms with Crippen LogP contribution in [0, 0.1) is 10.1 Å². The van der Waals surface area contributed by atoms with Gasteiger partial charge in [-0.2, -0.15) is 10.2 Å². The van der Waals surface area contributed by atoms with Crippen LogP contribution in [0.1, 0.15) is 5.56 Å². The third-order valence-electron chi connectivity index (χ3n) is 2.45. The molecule has 0 spiro atoms. The summed E-state index contributed by atoms with van der Waals surface area (Å²) in [6, 6.07) is 6.95. The van der Waals surface area contributed by atoms with Crippen molar-refractivity contribution in [1.82, 2.24) is 9.78 Å². The zero-order chi connectivity index (χ0) is 15.9. The van der Waals surface area contributed by atoms with E-state index in [4.69, 9.17) is 16.2 Å². The van der Waals surface area contributed by atoms with Crippen LogP contribution in [-0.4, -0.2) is 26.9 Å². The van der Waals surface area contributed by atoms with Crippen LogP contribution in [0.4, 0.5) is 5.69 Å². The van der Waals surface area contributed by atoms with Crippen LogP contribution in [0.25, 0.3) is 0 Å². The molecule has 4 N–H and O–H groups in total. The van der Waals surface area contributed by atoms with Gasteiger partial charge in [0.2, 0.25) is 5.96 Å². The van der Waals surface area contributed by atoms with Gasteiger partial charge in [0.05, 0.1) is 11.1 Å². The molecule has 10 nitrogen and oxygen atoms in total. The van der Waals surface area contributed by atoms with Crippen LogP contribution in [0.5, 0.6) is 5.75 Å². The second-order valence-electron chi connectivity index (χ2n) is 4.11. The van der Waals surface area contributed by atoms with Gasteiger partial charge in [0.25, 0.3) is 0 Å². The summed E-state index contributed by atoms with van der Waals surface area (Å²) in [5.41, 5.74) is 11.0. The Morgan fingerprint density at radius 2 is 2.14 bits per heavy atom. The Morgan fingerprint density at radius 1 is 1.41 bits per heavy atom. The highest BCUT2D eigenvalue weighted by Gasteiger charge is 2.08. The first-order chi connectivity index (χ1) is 10.5. The SMILES string of the molecule is NC(N)=NN=Cc1ccc(OCn2cc([N+](=O)[O-])cn2)cc1. The van der Waals surface area contributed by atoms with Crippen LogP contribution >= 0.6 is 0 Å². The standard InChI is InChI=1S/C12H13N7O3/c13-12(14)17-15-5-9-1-3-11(4-2-9)22-8-18-7-10(6-16-18)19(20)21/h1-7H,8H2,(H4,13,14,17). The van der Waals surface area contributed by atoms with Gasteiger partial charge in [-0.25, -0.2) is 4.68 Å². The largest absolute Gasteiger partial charge is 0.471 e. The molecule has 0 saturated heterocycles. The predicted octanol–water partition coefficient (Wildman–Crippen LogP) is 0.435. The number of nitro groups is 1. The molecule has 0 unspecified atom stereocenters. The number of rotatable bonds is 6. The Bertz CT molecular complexity index is 702. The minimum Gasteiger partial charge on any atom is -0.471 e. The molecule has 0 amide bonds. The Hall–Kier alpha value is -3.43. The first kappa shape index (κ1) is 15.0. The molecule has 0 atom stereocenters. The molecule has 22 heavy (non-hydrogen) atoms. The lowest BCUT2D eigenvalue weighted by Crippen LogP contribution is -2.21. The monoisotopic (exact) mass is 303 g/mol. The second kappa shape index (κ2) is 6.83. The molecule has 0 radical (unpaired) electrons. The van der Waals surface area contributed by atoms with Gasteiger partial charge in [-0.15, -0.1) is 5.10 Å². The van der Waals surface area contributed by atoms with Crippen molar-refractivity contribution in [2.75, 3.05) is 0 Å². The van der Waals surface area contributed by atoms with E-state index in [9.17, 15) is 10.1 Å². The molecule has 0 saturated carbocycles. The van der Waals surface area contributed by atoms with Crippen LogP contribution in [0.15, 0.2) is 46.9 Å². The molecule has 10 heteroatoms. The Labute approximate surface area is 124 Å².